The first-order valence-electron chi connectivity index (χ1n) is 7.33. The van der Waals surface area contributed by atoms with Crippen molar-refractivity contribution in [3.05, 3.63) is 35.7 Å². The highest BCUT2D eigenvalue weighted by atomic mass is 32.2. The van der Waals surface area contributed by atoms with Gasteiger partial charge in [-0.15, -0.1) is 16.9 Å². The number of amides is 1. The number of anilines is 1. The number of nitrogens with one attached hydrogen (secondary N) is 1. The average Bonchev–Trinajstić information content (AvgIpc) is 2.87. The molecule has 2 rings (SSSR count). The lowest BCUT2D eigenvalue weighted by Gasteiger charge is -2.05. The van der Waals surface area contributed by atoms with E-state index < -0.39 is 0 Å². The van der Waals surface area contributed by atoms with Gasteiger partial charge in [0, 0.05) is 16.1 Å². The third-order valence-electron chi connectivity index (χ3n) is 2.87. The molecule has 0 aliphatic rings. The second-order valence-electron chi connectivity index (χ2n) is 5.63. The third-order valence-corrected chi connectivity index (χ3v) is 3.89. The number of aromatic nitrogens is 2. The molecule has 1 N–H and O–H groups in total. The minimum absolute atomic E-state index is 0.124. The Labute approximate surface area is 134 Å². The minimum atomic E-state index is -0.134. The fraction of sp³-hybridized carbons (Fsp3) is 0.438. The Morgan fingerprint density at radius 2 is 1.86 bits per heavy atom. The van der Waals surface area contributed by atoms with Crippen molar-refractivity contribution in [2.45, 2.75) is 44.3 Å². The van der Waals surface area contributed by atoms with E-state index in [1.54, 1.807) is 0 Å². The van der Waals surface area contributed by atoms with Crippen LogP contribution in [0.25, 0.3) is 0 Å². The van der Waals surface area contributed by atoms with Crippen molar-refractivity contribution in [1.82, 2.24) is 10.2 Å². The number of benzene rings is 1. The molecule has 22 heavy (non-hydrogen) atoms. The van der Waals surface area contributed by atoms with Crippen molar-refractivity contribution in [2.75, 3.05) is 5.32 Å². The molecule has 0 radical (unpaired) electrons. The molecule has 0 spiro atoms. The predicted octanol–water partition coefficient (Wildman–Crippen LogP) is 3.76. The molecule has 6 heteroatoms. The van der Waals surface area contributed by atoms with Gasteiger partial charge in [-0.1, -0.05) is 44.9 Å². The summed E-state index contributed by atoms with van der Waals surface area (Å²) >= 11 is 1.83. The largest absolute Gasteiger partial charge is 0.407 e. The van der Waals surface area contributed by atoms with Gasteiger partial charge >= 0.3 is 6.01 Å². The SMILES string of the molecule is CC(C)Sc1ccc(Cc2nnc(NC(=O)C(C)C)o2)cc1. The molecular weight excluding hydrogens is 298 g/mol. The quantitative estimate of drug-likeness (QED) is 0.821. The first-order valence-corrected chi connectivity index (χ1v) is 8.21. The van der Waals surface area contributed by atoms with Gasteiger partial charge in [0.25, 0.3) is 0 Å². The Balaban J connectivity index is 1.96. The fourth-order valence-electron chi connectivity index (χ4n) is 1.76. The summed E-state index contributed by atoms with van der Waals surface area (Å²) in [6.45, 7) is 7.96. The van der Waals surface area contributed by atoms with Crippen LogP contribution in [0.5, 0.6) is 0 Å². The van der Waals surface area contributed by atoms with Gasteiger partial charge in [0.1, 0.15) is 0 Å². The smallest absolute Gasteiger partial charge is 0.322 e. The lowest BCUT2D eigenvalue weighted by Crippen LogP contribution is -2.17. The fourth-order valence-corrected chi connectivity index (χ4v) is 2.60. The van der Waals surface area contributed by atoms with Gasteiger partial charge < -0.3 is 4.42 Å². The Hall–Kier alpha value is -1.82. The molecule has 1 aromatic heterocycles. The van der Waals surface area contributed by atoms with Crippen LogP contribution in [0.3, 0.4) is 0 Å². The van der Waals surface area contributed by atoms with Gasteiger partial charge in [-0.2, -0.15) is 0 Å². The molecule has 0 unspecified atom stereocenters. The molecule has 0 aliphatic carbocycles. The lowest BCUT2D eigenvalue weighted by atomic mass is 10.1. The van der Waals surface area contributed by atoms with Crippen LogP contribution >= 0.6 is 11.8 Å². The summed E-state index contributed by atoms with van der Waals surface area (Å²) in [7, 11) is 0. The molecule has 0 saturated heterocycles. The molecule has 1 heterocycles. The van der Waals surface area contributed by atoms with E-state index in [1.807, 2.05) is 25.6 Å². The number of carbonyl (C=O) groups excluding carboxylic acids is 1. The number of nitrogens with zero attached hydrogens (tertiary/aromatic N) is 2. The number of thioether (sulfide) groups is 1. The van der Waals surface area contributed by atoms with Crippen LogP contribution in [0.15, 0.2) is 33.6 Å². The summed E-state index contributed by atoms with van der Waals surface area (Å²) in [6.07, 6.45) is 0.553. The molecule has 2 aromatic rings. The Bertz CT molecular complexity index is 621. The van der Waals surface area contributed by atoms with E-state index in [-0.39, 0.29) is 17.8 Å². The van der Waals surface area contributed by atoms with Crippen molar-refractivity contribution in [3.8, 4) is 0 Å². The van der Waals surface area contributed by atoms with Crippen molar-refractivity contribution in [3.63, 3.8) is 0 Å². The molecular formula is C16H21N3O2S. The van der Waals surface area contributed by atoms with Crippen LogP contribution < -0.4 is 5.32 Å². The monoisotopic (exact) mass is 319 g/mol. The van der Waals surface area contributed by atoms with E-state index in [1.165, 1.54) is 4.90 Å². The summed E-state index contributed by atoms with van der Waals surface area (Å²) in [5.41, 5.74) is 1.10. The topological polar surface area (TPSA) is 68.0 Å². The van der Waals surface area contributed by atoms with Gasteiger partial charge in [-0.05, 0) is 17.7 Å². The number of rotatable bonds is 6. The molecule has 118 valence electrons. The zero-order chi connectivity index (χ0) is 16.1. The number of carbonyl (C=O) groups is 1. The summed E-state index contributed by atoms with van der Waals surface area (Å²) in [5, 5.41) is 11.0. The zero-order valence-electron chi connectivity index (χ0n) is 13.3. The minimum Gasteiger partial charge on any atom is -0.407 e. The van der Waals surface area contributed by atoms with Gasteiger partial charge in [0.15, 0.2) is 0 Å². The maximum atomic E-state index is 11.6. The second kappa shape index (κ2) is 7.45. The van der Waals surface area contributed by atoms with Crippen LogP contribution in [0.1, 0.15) is 39.1 Å². The van der Waals surface area contributed by atoms with Gasteiger partial charge in [-0.25, -0.2) is 0 Å². The van der Waals surface area contributed by atoms with Gasteiger partial charge in [0.2, 0.25) is 11.8 Å². The summed E-state index contributed by atoms with van der Waals surface area (Å²) in [5.74, 6) is 0.231. The van der Waals surface area contributed by atoms with E-state index in [0.29, 0.717) is 17.6 Å². The van der Waals surface area contributed by atoms with Crippen LogP contribution in [-0.2, 0) is 11.2 Å². The normalized spacial score (nSPS) is 11.2. The van der Waals surface area contributed by atoms with E-state index >= 15 is 0 Å². The third kappa shape index (κ3) is 4.87. The number of hydrogen-bond donors (Lipinski definition) is 1. The molecule has 0 saturated carbocycles. The van der Waals surface area contributed by atoms with Crippen molar-refractivity contribution < 1.29 is 9.21 Å². The van der Waals surface area contributed by atoms with E-state index in [0.717, 1.165) is 5.56 Å². The molecule has 5 nitrogen and oxygen atoms in total. The zero-order valence-corrected chi connectivity index (χ0v) is 14.1. The Morgan fingerprint density at radius 3 is 2.45 bits per heavy atom. The highest BCUT2D eigenvalue weighted by molar-refractivity contribution is 7.99. The van der Waals surface area contributed by atoms with E-state index in [9.17, 15) is 4.79 Å². The predicted molar refractivity (Wildman–Crippen MR) is 88.0 cm³/mol. The summed E-state index contributed by atoms with van der Waals surface area (Å²) in [6, 6.07) is 8.46. The van der Waals surface area contributed by atoms with Crippen molar-refractivity contribution in [1.29, 1.82) is 0 Å². The van der Waals surface area contributed by atoms with Crippen LogP contribution in [0, 0.1) is 5.92 Å². The molecule has 0 atom stereocenters. The first kappa shape index (κ1) is 16.5. The van der Waals surface area contributed by atoms with Crippen LogP contribution in [-0.4, -0.2) is 21.4 Å². The molecule has 1 aromatic carbocycles. The van der Waals surface area contributed by atoms with E-state index in [4.69, 9.17) is 4.42 Å². The maximum absolute atomic E-state index is 11.6. The first-order chi connectivity index (χ1) is 10.4. The highest BCUT2D eigenvalue weighted by Gasteiger charge is 2.12. The van der Waals surface area contributed by atoms with Crippen molar-refractivity contribution in [2.24, 2.45) is 5.92 Å². The lowest BCUT2D eigenvalue weighted by molar-refractivity contribution is -0.119. The standard InChI is InChI=1S/C16H21N3O2S/c1-10(2)15(20)17-16-19-18-14(21-16)9-12-5-7-13(8-6-12)22-11(3)4/h5-8,10-11H,9H2,1-4H3,(H,17,19,20). The molecule has 0 bridgehead atoms. The molecule has 0 fully saturated rings. The summed E-state index contributed by atoms with van der Waals surface area (Å²) in [4.78, 5) is 12.8. The average molecular weight is 319 g/mol. The second-order valence-corrected chi connectivity index (χ2v) is 7.28. The van der Waals surface area contributed by atoms with Gasteiger partial charge in [0.05, 0.1) is 6.42 Å². The van der Waals surface area contributed by atoms with Gasteiger partial charge in [-0.3, -0.25) is 10.1 Å². The number of hydrogen-bond acceptors (Lipinski definition) is 5. The molecule has 1 amide bonds. The molecule has 0 aliphatic heterocycles. The Kier molecular flexibility index (Phi) is 5.60. The van der Waals surface area contributed by atoms with E-state index in [2.05, 4.69) is 53.6 Å². The highest BCUT2D eigenvalue weighted by Crippen LogP contribution is 2.23. The van der Waals surface area contributed by atoms with Crippen LogP contribution in [0.2, 0.25) is 0 Å². The maximum Gasteiger partial charge on any atom is 0.322 e. The van der Waals surface area contributed by atoms with Crippen molar-refractivity contribution >= 4 is 23.7 Å². The van der Waals surface area contributed by atoms with Crippen LogP contribution in [0.4, 0.5) is 6.01 Å². The Morgan fingerprint density at radius 1 is 1.18 bits per heavy atom. The summed E-state index contributed by atoms with van der Waals surface area (Å²) < 4.78 is 5.44.